The van der Waals surface area contributed by atoms with Gasteiger partial charge in [-0.2, -0.15) is 0 Å². The largest absolute Gasteiger partial charge is 0.487 e. The van der Waals surface area contributed by atoms with Crippen molar-refractivity contribution < 1.29 is 13.2 Å². The van der Waals surface area contributed by atoms with E-state index in [4.69, 9.17) is 0 Å². The lowest BCUT2D eigenvalue weighted by Gasteiger charge is -2.20. The Bertz CT molecular complexity index is 171. The molecule has 0 radical (unpaired) electrons. The van der Waals surface area contributed by atoms with Crippen molar-refractivity contribution in [2.24, 2.45) is 9.98 Å². The highest BCUT2D eigenvalue weighted by Crippen LogP contribution is 2.19. The van der Waals surface area contributed by atoms with Gasteiger partial charge in [-0.25, -0.2) is 4.99 Å². The molecule has 0 aromatic carbocycles. The first kappa shape index (κ1) is 7.04. The first-order valence-electron chi connectivity index (χ1n) is 2.46. The molecule has 1 rings (SSSR count). The second kappa shape index (κ2) is 2.28. The maximum atomic E-state index is 11.7. The molecule has 0 bridgehead atoms. The van der Waals surface area contributed by atoms with Gasteiger partial charge in [-0.15, -0.1) is 13.2 Å². The molecule has 1 heterocycles. The molecule has 1 aliphatic rings. The minimum atomic E-state index is -4.36. The monoisotopic (exact) mass is 151 g/mol. The van der Waals surface area contributed by atoms with Crippen molar-refractivity contribution >= 4 is 12.7 Å². The number of rotatable bonds is 0. The molecule has 0 saturated carbocycles. The molecule has 10 heavy (non-hydrogen) atoms. The number of alkyl halides is 3. The van der Waals surface area contributed by atoms with Crippen molar-refractivity contribution in [2.45, 2.75) is 6.30 Å². The van der Waals surface area contributed by atoms with Gasteiger partial charge in [0.1, 0.15) is 19.3 Å². The van der Waals surface area contributed by atoms with E-state index in [1.807, 2.05) is 0 Å². The number of halogens is 3. The van der Waals surface area contributed by atoms with Crippen LogP contribution in [0, 0.1) is 0 Å². The summed E-state index contributed by atoms with van der Waals surface area (Å²) in [4.78, 5) is 6.61. The standard InChI is InChI=1S/C4H4F3N3/c5-4(6,7)10-2-8-1-9-3-10/h1-2H,3H2. The second-order valence-electron chi connectivity index (χ2n) is 1.64. The molecule has 56 valence electrons. The van der Waals surface area contributed by atoms with Gasteiger partial charge in [0.15, 0.2) is 0 Å². The fraction of sp³-hybridized carbons (Fsp3) is 0.500. The van der Waals surface area contributed by atoms with Crippen LogP contribution in [0.5, 0.6) is 0 Å². The average Bonchev–Trinajstić information content (AvgIpc) is 1.88. The van der Waals surface area contributed by atoms with Crippen molar-refractivity contribution in [3.63, 3.8) is 0 Å². The molecule has 0 aromatic heterocycles. The molecule has 6 heteroatoms. The first-order chi connectivity index (χ1) is 4.61. The van der Waals surface area contributed by atoms with Gasteiger partial charge in [-0.3, -0.25) is 9.89 Å². The molecular weight excluding hydrogens is 147 g/mol. The van der Waals surface area contributed by atoms with Gasteiger partial charge in [0, 0.05) is 0 Å². The Hall–Kier alpha value is -1.07. The molecule has 0 fully saturated rings. The zero-order valence-electron chi connectivity index (χ0n) is 4.84. The van der Waals surface area contributed by atoms with Crippen LogP contribution in [0.25, 0.3) is 0 Å². The zero-order chi connectivity index (χ0) is 7.61. The molecular formula is C4H4F3N3. The summed E-state index contributed by atoms with van der Waals surface area (Å²) < 4.78 is 35.1. The Kier molecular flexibility index (Phi) is 1.60. The number of aliphatic imine (C=N–C) groups is 2. The molecule has 0 amide bonds. The molecule has 0 spiro atoms. The Morgan fingerprint density at radius 1 is 1.40 bits per heavy atom. The van der Waals surface area contributed by atoms with E-state index in [2.05, 4.69) is 9.98 Å². The van der Waals surface area contributed by atoms with Crippen LogP contribution in [0.2, 0.25) is 0 Å². The van der Waals surface area contributed by atoms with E-state index in [1.54, 1.807) is 0 Å². The summed E-state index contributed by atoms with van der Waals surface area (Å²) in [6.07, 6.45) is -2.57. The Morgan fingerprint density at radius 2 is 2.10 bits per heavy atom. The SMILES string of the molecule is FC(F)(F)N1C=NC=NC1. The lowest BCUT2D eigenvalue weighted by molar-refractivity contribution is -0.215. The smallest absolute Gasteiger partial charge is 0.254 e. The van der Waals surface area contributed by atoms with Crippen LogP contribution in [-0.2, 0) is 0 Å². The van der Waals surface area contributed by atoms with Crippen LogP contribution in [0.3, 0.4) is 0 Å². The van der Waals surface area contributed by atoms with Gasteiger partial charge in [0.05, 0.1) is 0 Å². The molecule has 0 N–H and O–H groups in total. The van der Waals surface area contributed by atoms with Crippen LogP contribution in [0.4, 0.5) is 13.2 Å². The molecule has 3 nitrogen and oxygen atoms in total. The lowest BCUT2D eigenvalue weighted by Crippen LogP contribution is -2.38. The van der Waals surface area contributed by atoms with E-state index in [-0.39, 0.29) is 4.90 Å². The average molecular weight is 151 g/mol. The Balaban J connectivity index is 2.60. The molecule has 0 aromatic rings. The fourth-order valence-electron chi connectivity index (χ4n) is 0.464. The van der Waals surface area contributed by atoms with Crippen LogP contribution < -0.4 is 0 Å². The number of hydrogen-bond donors (Lipinski definition) is 0. The molecule has 0 saturated heterocycles. The van der Waals surface area contributed by atoms with Crippen molar-refractivity contribution in [1.82, 2.24) is 4.90 Å². The summed E-state index contributed by atoms with van der Waals surface area (Å²) in [5, 5.41) is 0. The quantitative estimate of drug-likeness (QED) is 0.471. The summed E-state index contributed by atoms with van der Waals surface area (Å²) in [7, 11) is 0. The van der Waals surface area contributed by atoms with Gasteiger partial charge < -0.3 is 0 Å². The Labute approximate surface area is 54.9 Å². The lowest BCUT2D eigenvalue weighted by atomic mass is 10.7. The van der Waals surface area contributed by atoms with Gasteiger partial charge in [0.2, 0.25) is 0 Å². The summed E-state index contributed by atoms with van der Waals surface area (Å²) in [6.45, 7) is -0.396. The van der Waals surface area contributed by atoms with Gasteiger partial charge in [0.25, 0.3) is 0 Å². The van der Waals surface area contributed by atoms with Gasteiger partial charge >= 0.3 is 6.30 Å². The molecule has 0 atom stereocenters. The highest BCUT2D eigenvalue weighted by atomic mass is 19.4. The van der Waals surface area contributed by atoms with Crippen LogP contribution >= 0.6 is 0 Å². The third-order valence-corrected chi connectivity index (χ3v) is 0.914. The van der Waals surface area contributed by atoms with E-state index < -0.39 is 13.0 Å². The topological polar surface area (TPSA) is 28.0 Å². The fourth-order valence-corrected chi connectivity index (χ4v) is 0.464. The summed E-state index contributed by atoms with van der Waals surface area (Å²) in [5.74, 6) is 0. The van der Waals surface area contributed by atoms with Crippen molar-refractivity contribution in [3.8, 4) is 0 Å². The number of nitrogens with zero attached hydrogens (tertiary/aromatic N) is 3. The van der Waals surface area contributed by atoms with E-state index in [0.29, 0.717) is 6.34 Å². The molecule has 1 aliphatic heterocycles. The maximum absolute atomic E-state index is 11.7. The van der Waals surface area contributed by atoms with Crippen molar-refractivity contribution in [3.05, 3.63) is 0 Å². The van der Waals surface area contributed by atoms with Gasteiger partial charge in [-0.05, 0) is 0 Å². The van der Waals surface area contributed by atoms with E-state index in [9.17, 15) is 13.2 Å². The minimum Gasteiger partial charge on any atom is -0.254 e. The van der Waals surface area contributed by atoms with Crippen LogP contribution in [-0.4, -0.2) is 30.5 Å². The van der Waals surface area contributed by atoms with E-state index >= 15 is 0 Å². The summed E-state index contributed by atoms with van der Waals surface area (Å²) >= 11 is 0. The molecule has 0 aliphatic carbocycles. The third kappa shape index (κ3) is 1.46. The Morgan fingerprint density at radius 3 is 2.40 bits per heavy atom. The number of hydrogen-bond acceptors (Lipinski definition) is 3. The highest BCUT2D eigenvalue weighted by molar-refractivity contribution is 5.73. The van der Waals surface area contributed by atoms with E-state index in [1.165, 1.54) is 0 Å². The summed E-state index contributed by atoms with van der Waals surface area (Å²) in [5.41, 5.74) is 0. The van der Waals surface area contributed by atoms with Crippen molar-refractivity contribution in [1.29, 1.82) is 0 Å². The predicted octanol–water partition coefficient (Wildman–Crippen LogP) is 0.836. The minimum absolute atomic E-state index is 0.0903. The normalized spacial score (nSPS) is 18.1. The van der Waals surface area contributed by atoms with Gasteiger partial charge in [-0.1, -0.05) is 0 Å². The third-order valence-electron chi connectivity index (χ3n) is 0.914. The highest BCUT2D eigenvalue weighted by Gasteiger charge is 2.35. The van der Waals surface area contributed by atoms with Crippen molar-refractivity contribution in [2.75, 3.05) is 6.67 Å². The first-order valence-corrected chi connectivity index (χ1v) is 2.46. The zero-order valence-corrected chi connectivity index (χ0v) is 4.84. The molecule has 0 unspecified atom stereocenters. The van der Waals surface area contributed by atoms with E-state index in [0.717, 1.165) is 6.34 Å². The van der Waals surface area contributed by atoms with Crippen LogP contribution in [0.15, 0.2) is 9.98 Å². The maximum Gasteiger partial charge on any atom is 0.487 e. The van der Waals surface area contributed by atoms with Crippen LogP contribution in [0.1, 0.15) is 0 Å². The predicted molar refractivity (Wildman–Crippen MR) is 29.7 cm³/mol. The second-order valence-corrected chi connectivity index (χ2v) is 1.64. The summed E-state index contributed by atoms with van der Waals surface area (Å²) in [6, 6.07) is 0.